The molecule has 0 unspecified atom stereocenters. The number of ether oxygens (including phenoxy) is 1. The fraction of sp³-hybridized carbons (Fsp3) is 0.167. The maximum atomic E-state index is 5.94. The largest absolute Gasteiger partial charge is 0.497 e. The third kappa shape index (κ3) is 14.6. The highest BCUT2D eigenvalue weighted by Gasteiger charge is 2.07. The van der Waals surface area contributed by atoms with E-state index in [2.05, 4.69) is 55.2 Å². The first-order valence-electron chi connectivity index (χ1n) is 22.0. The second-order valence-corrected chi connectivity index (χ2v) is 15.9. The molecular weight excluding hydrogens is 882 g/mol. The van der Waals surface area contributed by atoms with Gasteiger partial charge in [0.05, 0.1) is 65.0 Å². The number of methoxy groups -OCH3 is 1. The molecule has 0 aliphatic heterocycles. The molecule has 0 radical (unpaired) electrons. The third-order valence-electron chi connectivity index (χ3n) is 10.1. The zero-order valence-corrected chi connectivity index (χ0v) is 40.9. The first kappa shape index (κ1) is 50.1. The fourth-order valence-electron chi connectivity index (χ4n) is 6.74. The monoisotopic (exact) mass is 935 g/mol. The number of halogens is 1. The van der Waals surface area contributed by atoms with Crippen molar-refractivity contribution in [1.82, 2.24) is 64.6 Å². The number of hydrogen-bond acceptors (Lipinski definition) is 12. The highest BCUT2D eigenvalue weighted by Crippen LogP contribution is 2.25. The maximum absolute atomic E-state index is 5.94. The summed E-state index contributed by atoms with van der Waals surface area (Å²) in [6.45, 7) is 15.8. The van der Waals surface area contributed by atoms with Crippen LogP contribution in [0.25, 0.3) is 45.3 Å². The van der Waals surface area contributed by atoms with Crippen LogP contribution in [0.4, 0.5) is 0 Å². The van der Waals surface area contributed by atoms with Gasteiger partial charge in [0.15, 0.2) is 0 Å². The van der Waals surface area contributed by atoms with E-state index in [1.54, 1.807) is 55.3 Å². The lowest BCUT2D eigenvalue weighted by atomic mass is 10.1. The van der Waals surface area contributed by atoms with E-state index in [0.717, 1.165) is 101 Å². The van der Waals surface area contributed by atoms with Crippen molar-refractivity contribution >= 4 is 11.6 Å². The first-order valence-corrected chi connectivity index (χ1v) is 22.3. The van der Waals surface area contributed by atoms with Crippen molar-refractivity contribution in [2.75, 3.05) is 7.11 Å². The van der Waals surface area contributed by atoms with Crippen LogP contribution in [0.5, 0.6) is 5.75 Å². The molecule has 14 nitrogen and oxygen atoms in total. The number of rotatable bonds is 6. The van der Waals surface area contributed by atoms with E-state index in [1.165, 1.54) is 0 Å². The normalized spacial score (nSPS) is 10.2. The molecule has 2 aromatic carbocycles. The molecular formula is C54H54ClN13O. The van der Waals surface area contributed by atoms with Gasteiger partial charge in [-0.25, -0.2) is 14.6 Å². The number of aryl methyl sites for hydroxylation is 8. The van der Waals surface area contributed by atoms with Crippen LogP contribution in [0.2, 0.25) is 5.02 Å². The Balaban J connectivity index is 0.000000142. The smallest absolute Gasteiger partial charge is 0.125 e. The number of aromatic nitrogens is 13. The third-order valence-corrected chi connectivity index (χ3v) is 10.3. The lowest BCUT2D eigenvalue weighted by molar-refractivity contribution is 0.415. The molecule has 0 fully saturated rings. The van der Waals surface area contributed by atoms with Crippen LogP contribution in [-0.2, 0) is 0 Å². The topological polar surface area (TPSA) is 161 Å². The van der Waals surface area contributed by atoms with Crippen molar-refractivity contribution in [2.24, 2.45) is 0 Å². The van der Waals surface area contributed by atoms with Crippen molar-refractivity contribution < 1.29 is 4.74 Å². The summed E-state index contributed by atoms with van der Waals surface area (Å²) in [6, 6.07) is 35.2. The molecule has 0 N–H and O–H groups in total. The van der Waals surface area contributed by atoms with Gasteiger partial charge in [-0.15, -0.1) is 4.80 Å². The average Bonchev–Trinajstić information content (AvgIpc) is 4.10. The number of nitrogens with zero attached hydrogens (tertiary/aromatic N) is 13. The molecule has 0 saturated carbocycles. The molecule has 0 atom stereocenters. The van der Waals surface area contributed by atoms with E-state index in [9.17, 15) is 0 Å². The summed E-state index contributed by atoms with van der Waals surface area (Å²) in [6.07, 6.45) is 15.8. The second kappa shape index (κ2) is 25.0. The Bertz CT molecular complexity index is 3080. The zero-order chi connectivity index (χ0) is 49.1. The Kier molecular flexibility index (Phi) is 18.1. The molecule has 10 aromatic rings. The van der Waals surface area contributed by atoms with E-state index in [4.69, 9.17) is 16.3 Å². The van der Waals surface area contributed by atoms with Gasteiger partial charge in [-0.3, -0.25) is 29.9 Å². The van der Waals surface area contributed by atoms with Crippen LogP contribution in [0.1, 0.15) is 45.4 Å². The Morgan fingerprint density at radius 2 is 1.13 bits per heavy atom. The molecule has 0 saturated heterocycles. The predicted molar refractivity (Wildman–Crippen MR) is 272 cm³/mol. The van der Waals surface area contributed by atoms with Crippen LogP contribution in [0, 0.1) is 55.4 Å². The summed E-state index contributed by atoms with van der Waals surface area (Å²) in [7, 11) is 1.66. The average molecular weight is 937 g/mol. The summed E-state index contributed by atoms with van der Waals surface area (Å²) in [5.41, 5.74) is 14.9. The number of benzene rings is 2. The molecule has 8 aromatic heterocycles. The molecule has 0 aliphatic carbocycles. The van der Waals surface area contributed by atoms with Crippen LogP contribution in [0.3, 0.4) is 0 Å². The molecule has 0 amide bonds. The molecule has 0 bridgehead atoms. The first-order chi connectivity index (χ1) is 33.4. The van der Waals surface area contributed by atoms with Crippen molar-refractivity contribution in [3.8, 4) is 51.0 Å². The molecule has 69 heavy (non-hydrogen) atoms. The van der Waals surface area contributed by atoms with Gasteiger partial charge in [-0.1, -0.05) is 48.0 Å². The highest BCUT2D eigenvalue weighted by molar-refractivity contribution is 6.30. The Morgan fingerprint density at radius 1 is 0.464 bits per heavy atom. The van der Waals surface area contributed by atoms with Crippen LogP contribution < -0.4 is 4.74 Å². The van der Waals surface area contributed by atoms with E-state index >= 15 is 0 Å². The predicted octanol–water partition coefficient (Wildman–Crippen LogP) is 11.5. The molecule has 10 rings (SSSR count). The fourth-order valence-corrected chi connectivity index (χ4v) is 6.93. The van der Waals surface area contributed by atoms with Gasteiger partial charge in [0.25, 0.3) is 0 Å². The van der Waals surface area contributed by atoms with Crippen LogP contribution in [0.15, 0.2) is 165 Å². The van der Waals surface area contributed by atoms with Gasteiger partial charge in [-0.05, 0) is 139 Å². The van der Waals surface area contributed by atoms with Crippen molar-refractivity contribution in [3.63, 3.8) is 0 Å². The van der Waals surface area contributed by atoms with E-state index in [0.29, 0.717) is 0 Å². The second-order valence-electron chi connectivity index (χ2n) is 15.4. The highest BCUT2D eigenvalue weighted by atomic mass is 35.5. The lowest BCUT2D eigenvalue weighted by Crippen LogP contribution is -2.02. The van der Waals surface area contributed by atoms with Gasteiger partial charge in [-0.2, -0.15) is 15.3 Å². The van der Waals surface area contributed by atoms with Crippen molar-refractivity contribution in [1.29, 1.82) is 0 Å². The Morgan fingerprint density at radius 3 is 1.75 bits per heavy atom. The number of pyridine rings is 4. The molecule has 348 valence electrons. The maximum Gasteiger partial charge on any atom is 0.125 e. The SMILES string of the molecule is COc1cccc(-c2nccnc2C)c1.Cc1ccc(-n2cccn2)c(C)n1.Cc1ccc(-n2nccn2)c(C)n1.Cc1cccnc1-c1ccccn1.Cc1ncc(C)c(-c2cccc(Cl)c2)n1. The van der Waals surface area contributed by atoms with E-state index < -0.39 is 0 Å². The standard InChI is InChI=1S/C12H11ClN2.C12H12N2O.C11H10N2.C10H11N3.C9H10N4/c1-8-7-14-9(2)15-12(8)10-4-3-5-11(13)6-10;1-9-12(14-7-6-13-9)10-4-3-5-11(8-10)15-2;1-9-5-4-8-13-11(9)10-6-2-3-7-12-10;1-8-4-5-10(9(2)12-8)13-7-3-6-11-13;1-7-3-4-9(8(2)12-7)13-10-5-6-11-13/h3-7H,1-2H3;3-8H,1-2H3;2-8H,1H3;3-7H,1-2H3;3-6H,1-2H3. The summed E-state index contributed by atoms with van der Waals surface area (Å²) in [5, 5.41) is 13.0. The van der Waals surface area contributed by atoms with Crippen LogP contribution in [-0.4, -0.2) is 71.8 Å². The Hall–Kier alpha value is -8.36. The summed E-state index contributed by atoms with van der Waals surface area (Å²) in [4.78, 5) is 35.9. The quantitative estimate of drug-likeness (QED) is 0.155. The minimum Gasteiger partial charge on any atom is -0.497 e. The van der Waals surface area contributed by atoms with Gasteiger partial charge in [0.1, 0.15) is 17.3 Å². The minimum atomic E-state index is 0.725. The van der Waals surface area contributed by atoms with Gasteiger partial charge in [0.2, 0.25) is 0 Å². The zero-order valence-electron chi connectivity index (χ0n) is 40.2. The molecule has 15 heteroatoms. The number of hydrogen-bond donors (Lipinski definition) is 0. The van der Waals surface area contributed by atoms with Gasteiger partial charge < -0.3 is 4.74 Å². The Labute approximate surface area is 408 Å². The lowest BCUT2D eigenvalue weighted by Gasteiger charge is -2.05. The van der Waals surface area contributed by atoms with Crippen molar-refractivity contribution in [3.05, 3.63) is 215 Å². The molecule has 0 aliphatic rings. The van der Waals surface area contributed by atoms with Crippen molar-refractivity contribution in [2.45, 2.75) is 55.4 Å². The van der Waals surface area contributed by atoms with E-state index in [1.807, 2.05) is 182 Å². The summed E-state index contributed by atoms with van der Waals surface area (Å²) < 4.78 is 6.99. The summed E-state index contributed by atoms with van der Waals surface area (Å²) >= 11 is 5.94. The van der Waals surface area contributed by atoms with Gasteiger partial charge in [0, 0.05) is 70.9 Å². The molecule has 8 heterocycles. The van der Waals surface area contributed by atoms with E-state index in [-0.39, 0.29) is 0 Å². The minimum absolute atomic E-state index is 0.725. The molecule has 0 spiro atoms. The van der Waals surface area contributed by atoms with Gasteiger partial charge >= 0.3 is 0 Å². The van der Waals surface area contributed by atoms with Crippen LogP contribution >= 0.6 is 11.6 Å². The summed E-state index contributed by atoms with van der Waals surface area (Å²) in [5.74, 6) is 1.60.